The average Bonchev–Trinajstić information content (AvgIpc) is 2.87. The molecule has 1 aliphatic carbocycles. The summed E-state index contributed by atoms with van der Waals surface area (Å²) in [5.74, 6) is 0.722. The van der Waals surface area contributed by atoms with E-state index in [0.717, 1.165) is 37.8 Å². The van der Waals surface area contributed by atoms with Gasteiger partial charge in [-0.3, -0.25) is 4.79 Å². The highest BCUT2D eigenvalue weighted by molar-refractivity contribution is 5.83. The van der Waals surface area contributed by atoms with Gasteiger partial charge in [0.15, 0.2) is 0 Å². The molecule has 0 bridgehead atoms. The van der Waals surface area contributed by atoms with E-state index in [1.54, 1.807) is 6.07 Å². The molecule has 2 rings (SSSR count). The van der Waals surface area contributed by atoms with Gasteiger partial charge < -0.3 is 0 Å². The molecule has 1 nitrogen and oxygen atoms in total. The maximum Gasteiger partial charge on any atom is 0.416 e. The summed E-state index contributed by atoms with van der Waals surface area (Å²) in [6, 6.07) is 5.09. The molecule has 20 heavy (non-hydrogen) atoms. The Bertz CT molecular complexity index is 479. The fourth-order valence-corrected chi connectivity index (χ4v) is 2.94. The Labute approximate surface area is 117 Å². The molecule has 1 fully saturated rings. The Kier molecular flexibility index (Phi) is 4.51. The van der Waals surface area contributed by atoms with Gasteiger partial charge in [0.25, 0.3) is 0 Å². The average molecular weight is 284 g/mol. The molecule has 0 N–H and O–H groups in total. The summed E-state index contributed by atoms with van der Waals surface area (Å²) in [5.41, 5.74) is -0.217. The molecule has 1 aliphatic rings. The first-order valence-corrected chi connectivity index (χ1v) is 7.09. The Morgan fingerprint density at radius 3 is 2.65 bits per heavy atom. The van der Waals surface area contributed by atoms with Crippen LogP contribution in [0.25, 0.3) is 0 Å². The van der Waals surface area contributed by atoms with Crippen LogP contribution in [0.15, 0.2) is 24.3 Å². The predicted octanol–water partition coefficient (Wildman–Crippen LogP) is 4.64. The van der Waals surface area contributed by atoms with E-state index in [2.05, 4.69) is 6.92 Å². The van der Waals surface area contributed by atoms with Crippen molar-refractivity contribution in [3.63, 3.8) is 0 Å². The molecule has 0 spiro atoms. The van der Waals surface area contributed by atoms with Gasteiger partial charge in [0, 0.05) is 12.3 Å². The maximum absolute atomic E-state index is 12.6. The molecule has 1 aromatic carbocycles. The lowest BCUT2D eigenvalue weighted by atomic mass is 9.94. The smallest absolute Gasteiger partial charge is 0.299 e. The first kappa shape index (κ1) is 15.1. The lowest BCUT2D eigenvalue weighted by Gasteiger charge is -2.11. The van der Waals surface area contributed by atoms with Gasteiger partial charge in [0.05, 0.1) is 5.56 Å². The molecule has 0 heterocycles. The normalized spacial score (nSPS) is 23.0. The molecule has 0 saturated heterocycles. The van der Waals surface area contributed by atoms with Crippen LogP contribution >= 0.6 is 0 Å². The monoisotopic (exact) mass is 284 g/mol. The zero-order valence-corrected chi connectivity index (χ0v) is 11.5. The largest absolute Gasteiger partial charge is 0.416 e. The Morgan fingerprint density at radius 2 is 2.05 bits per heavy atom. The summed E-state index contributed by atoms with van der Waals surface area (Å²) in [4.78, 5) is 12.2. The maximum atomic E-state index is 12.6. The molecule has 4 heteroatoms. The van der Waals surface area contributed by atoms with Gasteiger partial charge in [0.2, 0.25) is 0 Å². The SMILES string of the molecule is CCC1CCC(C(=O)Cc2cccc(C(F)(F)F)c2)C1. The van der Waals surface area contributed by atoms with Crippen LogP contribution in [-0.2, 0) is 17.4 Å². The van der Waals surface area contributed by atoms with Crippen LogP contribution in [0.3, 0.4) is 0 Å². The third-order valence-electron chi connectivity index (χ3n) is 4.21. The first-order chi connectivity index (χ1) is 9.40. The lowest BCUT2D eigenvalue weighted by molar-refractivity contribution is -0.137. The summed E-state index contributed by atoms with van der Waals surface area (Å²) in [7, 11) is 0. The number of halogens is 3. The van der Waals surface area contributed by atoms with Crippen molar-refractivity contribution in [3.05, 3.63) is 35.4 Å². The van der Waals surface area contributed by atoms with Crippen molar-refractivity contribution in [1.29, 1.82) is 0 Å². The Balaban J connectivity index is 2.02. The second kappa shape index (κ2) is 5.98. The van der Waals surface area contributed by atoms with Crippen LogP contribution in [-0.4, -0.2) is 5.78 Å². The zero-order valence-electron chi connectivity index (χ0n) is 11.5. The topological polar surface area (TPSA) is 17.1 Å². The standard InChI is InChI=1S/C16H19F3O/c1-2-11-6-7-13(8-11)15(20)10-12-4-3-5-14(9-12)16(17,18)19/h3-5,9,11,13H,2,6-8,10H2,1H3. The molecule has 1 saturated carbocycles. The van der Waals surface area contributed by atoms with E-state index < -0.39 is 11.7 Å². The molecule has 0 aromatic heterocycles. The van der Waals surface area contributed by atoms with Gasteiger partial charge in [-0.2, -0.15) is 13.2 Å². The number of hydrogen-bond acceptors (Lipinski definition) is 1. The van der Waals surface area contributed by atoms with Gasteiger partial charge in [-0.05, 0) is 36.8 Å². The molecule has 2 unspecified atom stereocenters. The first-order valence-electron chi connectivity index (χ1n) is 7.09. The lowest BCUT2D eigenvalue weighted by Crippen LogP contribution is -2.15. The highest BCUT2D eigenvalue weighted by Gasteiger charge is 2.31. The summed E-state index contributed by atoms with van der Waals surface area (Å²) < 4.78 is 37.9. The summed E-state index contributed by atoms with van der Waals surface area (Å²) >= 11 is 0. The number of Topliss-reactive ketones (excluding diaryl/α,β-unsaturated/α-hetero) is 1. The number of benzene rings is 1. The fraction of sp³-hybridized carbons (Fsp3) is 0.562. The molecule has 2 atom stereocenters. The molecular weight excluding hydrogens is 265 g/mol. The predicted molar refractivity (Wildman–Crippen MR) is 71.3 cm³/mol. The Hall–Kier alpha value is -1.32. The molecule has 0 aliphatic heterocycles. The van der Waals surface area contributed by atoms with Crippen LogP contribution < -0.4 is 0 Å². The summed E-state index contributed by atoms with van der Waals surface area (Å²) in [6.45, 7) is 2.12. The highest BCUT2D eigenvalue weighted by Crippen LogP contribution is 2.34. The molecule has 0 radical (unpaired) electrons. The highest BCUT2D eigenvalue weighted by atomic mass is 19.4. The number of ketones is 1. The van der Waals surface area contributed by atoms with Crippen LogP contribution in [0, 0.1) is 11.8 Å². The van der Waals surface area contributed by atoms with Crippen molar-refractivity contribution < 1.29 is 18.0 Å². The van der Waals surface area contributed by atoms with Gasteiger partial charge in [-0.1, -0.05) is 31.5 Å². The van der Waals surface area contributed by atoms with Crippen molar-refractivity contribution in [2.45, 2.75) is 45.2 Å². The van der Waals surface area contributed by atoms with Crippen LogP contribution in [0.2, 0.25) is 0 Å². The Morgan fingerprint density at radius 1 is 1.30 bits per heavy atom. The summed E-state index contributed by atoms with van der Waals surface area (Å²) in [5, 5.41) is 0. The van der Waals surface area contributed by atoms with Crippen LogP contribution in [0.4, 0.5) is 13.2 Å². The molecule has 0 amide bonds. The van der Waals surface area contributed by atoms with E-state index in [4.69, 9.17) is 0 Å². The van der Waals surface area contributed by atoms with Gasteiger partial charge >= 0.3 is 6.18 Å². The van der Waals surface area contributed by atoms with E-state index in [1.165, 1.54) is 6.07 Å². The van der Waals surface area contributed by atoms with Gasteiger partial charge in [-0.15, -0.1) is 0 Å². The van der Waals surface area contributed by atoms with Crippen molar-refractivity contribution >= 4 is 5.78 Å². The van der Waals surface area contributed by atoms with E-state index in [9.17, 15) is 18.0 Å². The third kappa shape index (κ3) is 3.62. The van der Waals surface area contributed by atoms with E-state index >= 15 is 0 Å². The van der Waals surface area contributed by atoms with E-state index in [1.807, 2.05) is 0 Å². The molecule has 1 aromatic rings. The van der Waals surface area contributed by atoms with Crippen LogP contribution in [0.5, 0.6) is 0 Å². The second-order valence-corrected chi connectivity index (χ2v) is 5.63. The van der Waals surface area contributed by atoms with Gasteiger partial charge in [-0.25, -0.2) is 0 Å². The van der Waals surface area contributed by atoms with Crippen molar-refractivity contribution in [2.75, 3.05) is 0 Å². The zero-order chi connectivity index (χ0) is 14.8. The van der Waals surface area contributed by atoms with E-state index in [0.29, 0.717) is 11.5 Å². The number of rotatable bonds is 4. The quantitative estimate of drug-likeness (QED) is 0.787. The van der Waals surface area contributed by atoms with Crippen LogP contribution in [0.1, 0.15) is 43.7 Å². The minimum atomic E-state index is -4.35. The minimum Gasteiger partial charge on any atom is -0.299 e. The van der Waals surface area contributed by atoms with Crippen molar-refractivity contribution in [2.24, 2.45) is 11.8 Å². The van der Waals surface area contributed by atoms with Crippen molar-refractivity contribution in [3.8, 4) is 0 Å². The second-order valence-electron chi connectivity index (χ2n) is 5.63. The molecule has 110 valence electrons. The fourth-order valence-electron chi connectivity index (χ4n) is 2.94. The van der Waals surface area contributed by atoms with Crippen molar-refractivity contribution in [1.82, 2.24) is 0 Å². The minimum absolute atomic E-state index is 0.0366. The number of carbonyl (C=O) groups excluding carboxylic acids is 1. The third-order valence-corrected chi connectivity index (χ3v) is 4.21. The van der Waals surface area contributed by atoms with E-state index in [-0.39, 0.29) is 18.1 Å². The molecular formula is C16H19F3O. The number of hydrogen-bond donors (Lipinski definition) is 0. The van der Waals surface area contributed by atoms with Gasteiger partial charge in [0.1, 0.15) is 5.78 Å². The summed E-state index contributed by atoms with van der Waals surface area (Å²) in [6.07, 6.45) is -0.307. The number of carbonyl (C=O) groups is 1. The number of alkyl halides is 3.